The number of aryl methyl sites for hydroxylation is 2. The Kier molecular flexibility index (Phi) is 3.69. The van der Waals surface area contributed by atoms with Crippen molar-refractivity contribution in [2.45, 2.75) is 13.3 Å². The van der Waals surface area contributed by atoms with Crippen LogP contribution in [0, 0.1) is 0 Å². The van der Waals surface area contributed by atoms with Crippen molar-refractivity contribution in [3.05, 3.63) is 57.0 Å². The predicted molar refractivity (Wildman–Crippen MR) is 89.1 cm³/mol. The highest BCUT2D eigenvalue weighted by Crippen LogP contribution is 2.25. The van der Waals surface area contributed by atoms with Gasteiger partial charge in [-0.3, -0.25) is 13.9 Å². The van der Waals surface area contributed by atoms with Crippen molar-refractivity contribution < 1.29 is 0 Å². The lowest BCUT2D eigenvalue weighted by Gasteiger charge is -2.15. The molecule has 23 heavy (non-hydrogen) atoms. The monoisotopic (exact) mass is 311 g/mol. The van der Waals surface area contributed by atoms with Crippen molar-refractivity contribution in [2.24, 2.45) is 14.1 Å². The van der Waals surface area contributed by atoms with E-state index in [1.807, 2.05) is 25.1 Å². The van der Waals surface area contributed by atoms with Crippen LogP contribution in [0.4, 0.5) is 11.5 Å². The first kappa shape index (κ1) is 15.0. The maximum absolute atomic E-state index is 12.6. The Morgan fingerprint density at radius 1 is 1.13 bits per heavy atom. The largest absolute Gasteiger partial charge is 0.339 e. The Hall–Kier alpha value is -2.96. The molecule has 3 heterocycles. The second kappa shape index (κ2) is 5.68. The van der Waals surface area contributed by atoms with Crippen molar-refractivity contribution in [1.29, 1.82) is 0 Å². The van der Waals surface area contributed by atoms with Crippen molar-refractivity contribution in [3.63, 3.8) is 0 Å². The van der Waals surface area contributed by atoms with Crippen LogP contribution in [0.15, 0.2) is 40.2 Å². The van der Waals surface area contributed by atoms with Gasteiger partial charge in [-0.1, -0.05) is 13.0 Å². The summed E-state index contributed by atoms with van der Waals surface area (Å²) in [5.41, 5.74) is 1.12. The molecule has 7 heteroatoms. The number of fused-ring (bicyclic) bond motifs is 1. The second-order valence-corrected chi connectivity index (χ2v) is 5.26. The normalized spacial score (nSPS) is 10.9. The number of hydrogen-bond donors (Lipinski definition) is 1. The first-order valence-corrected chi connectivity index (χ1v) is 7.30. The van der Waals surface area contributed by atoms with Crippen LogP contribution in [-0.4, -0.2) is 19.1 Å². The van der Waals surface area contributed by atoms with Crippen LogP contribution in [0.3, 0.4) is 0 Å². The maximum atomic E-state index is 12.6. The van der Waals surface area contributed by atoms with Gasteiger partial charge in [0.25, 0.3) is 5.56 Å². The number of hydrogen-bond acceptors (Lipinski definition) is 5. The summed E-state index contributed by atoms with van der Waals surface area (Å²) in [6.07, 6.45) is 4.06. The minimum atomic E-state index is -0.400. The Balaban J connectivity index is 2.38. The van der Waals surface area contributed by atoms with Crippen molar-refractivity contribution in [1.82, 2.24) is 19.1 Å². The molecule has 0 bridgehead atoms. The summed E-state index contributed by atoms with van der Waals surface area (Å²) >= 11 is 0. The summed E-state index contributed by atoms with van der Waals surface area (Å²) in [7, 11) is 3.07. The van der Waals surface area contributed by atoms with Gasteiger partial charge in [-0.25, -0.2) is 14.8 Å². The number of pyridine rings is 2. The van der Waals surface area contributed by atoms with E-state index in [0.717, 1.165) is 10.1 Å². The smallest absolute Gasteiger partial charge is 0.332 e. The average Bonchev–Trinajstić information content (AvgIpc) is 2.58. The molecular weight excluding hydrogens is 294 g/mol. The molecule has 3 aromatic heterocycles. The first-order valence-electron chi connectivity index (χ1n) is 7.30. The number of nitrogens with zero attached hydrogens (tertiary/aromatic N) is 4. The highest BCUT2D eigenvalue weighted by atomic mass is 16.2. The fraction of sp³-hybridized carbons (Fsp3) is 0.250. The minimum Gasteiger partial charge on any atom is -0.339 e. The number of nitrogens with one attached hydrogen (secondary N) is 1. The lowest BCUT2D eigenvalue weighted by molar-refractivity contribution is 0.707. The summed E-state index contributed by atoms with van der Waals surface area (Å²) in [5, 5.41) is 3.59. The molecule has 118 valence electrons. The molecule has 3 aromatic rings. The molecule has 0 fully saturated rings. The predicted octanol–water partition coefficient (Wildman–Crippen LogP) is 1.33. The van der Waals surface area contributed by atoms with Crippen LogP contribution in [0.5, 0.6) is 0 Å². The topological polar surface area (TPSA) is 81.8 Å². The van der Waals surface area contributed by atoms with E-state index in [-0.39, 0.29) is 5.56 Å². The molecule has 0 atom stereocenters. The molecule has 0 aliphatic rings. The SMILES string of the molecule is CCc1cnc2c(c1Nc1ccccn1)c(=O)n(C)c(=O)n2C. The van der Waals surface area contributed by atoms with E-state index in [2.05, 4.69) is 15.3 Å². The summed E-state index contributed by atoms with van der Waals surface area (Å²) in [4.78, 5) is 33.3. The van der Waals surface area contributed by atoms with E-state index in [9.17, 15) is 9.59 Å². The lowest BCUT2D eigenvalue weighted by Crippen LogP contribution is -2.37. The van der Waals surface area contributed by atoms with Crippen molar-refractivity contribution in [3.8, 4) is 0 Å². The van der Waals surface area contributed by atoms with E-state index in [4.69, 9.17) is 0 Å². The van der Waals surface area contributed by atoms with Gasteiger partial charge >= 0.3 is 5.69 Å². The molecular formula is C16H17N5O2. The fourth-order valence-electron chi connectivity index (χ4n) is 2.54. The van der Waals surface area contributed by atoms with Crippen LogP contribution in [0.2, 0.25) is 0 Å². The van der Waals surface area contributed by atoms with E-state index < -0.39 is 5.69 Å². The quantitative estimate of drug-likeness (QED) is 0.789. The van der Waals surface area contributed by atoms with Gasteiger partial charge in [0.05, 0.1) is 5.69 Å². The Labute approximate surface area is 132 Å². The maximum Gasteiger partial charge on any atom is 0.332 e. The van der Waals surface area contributed by atoms with Crippen LogP contribution in [0.1, 0.15) is 12.5 Å². The number of rotatable bonds is 3. The molecule has 0 aromatic carbocycles. The van der Waals surface area contributed by atoms with Gasteiger partial charge in [0.2, 0.25) is 0 Å². The Bertz CT molecular complexity index is 989. The van der Waals surface area contributed by atoms with Gasteiger partial charge in [0.1, 0.15) is 11.2 Å². The molecule has 0 aliphatic carbocycles. The minimum absolute atomic E-state index is 0.355. The highest BCUT2D eigenvalue weighted by molar-refractivity contribution is 5.91. The zero-order valence-corrected chi connectivity index (χ0v) is 13.2. The molecule has 0 amide bonds. The third-order valence-corrected chi connectivity index (χ3v) is 3.85. The molecule has 3 rings (SSSR count). The third-order valence-electron chi connectivity index (χ3n) is 3.85. The summed E-state index contributed by atoms with van der Waals surface area (Å²) < 4.78 is 2.47. The fourth-order valence-corrected chi connectivity index (χ4v) is 2.54. The third kappa shape index (κ3) is 2.40. The van der Waals surface area contributed by atoms with Crippen LogP contribution >= 0.6 is 0 Å². The Morgan fingerprint density at radius 3 is 2.57 bits per heavy atom. The molecule has 1 N–H and O–H groups in total. The van der Waals surface area contributed by atoms with E-state index in [1.54, 1.807) is 19.4 Å². The highest BCUT2D eigenvalue weighted by Gasteiger charge is 2.16. The van der Waals surface area contributed by atoms with Gasteiger partial charge in [0.15, 0.2) is 5.65 Å². The van der Waals surface area contributed by atoms with Crippen LogP contribution in [-0.2, 0) is 20.5 Å². The standard InChI is InChI=1S/C16H17N5O2/c1-4-10-9-18-14-12(15(22)21(3)16(23)20(14)2)13(10)19-11-7-5-6-8-17-11/h5-9H,4H2,1-3H3,(H,17,18,19). The van der Waals surface area contributed by atoms with E-state index in [0.29, 0.717) is 29.0 Å². The summed E-state index contributed by atoms with van der Waals surface area (Å²) in [6.45, 7) is 1.99. The zero-order valence-electron chi connectivity index (χ0n) is 13.2. The van der Waals surface area contributed by atoms with E-state index >= 15 is 0 Å². The number of aromatic nitrogens is 4. The Morgan fingerprint density at radius 2 is 1.91 bits per heavy atom. The zero-order chi connectivity index (χ0) is 16.6. The van der Waals surface area contributed by atoms with Gasteiger partial charge in [-0.15, -0.1) is 0 Å². The van der Waals surface area contributed by atoms with Crippen molar-refractivity contribution >= 4 is 22.5 Å². The summed E-state index contributed by atoms with van der Waals surface area (Å²) in [5.74, 6) is 0.630. The number of anilines is 2. The van der Waals surface area contributed by atoms with Gasteiger partial charge in [-0.05, 0) is 24.1 Å². The molecule has 0 aliphatic heterocycles. The van der Waals surface area contributed by atoms with Gasteiger partial charge < -0.3 is 5.32 Å². The van der Waals surface area contributed by atoms with E-state index in [1.165, 1.54) is 11.6 Å². The molecule has 0 saturated carbocycles. The molecule has 0 spiro atoms. The molecule has 0 saturated heterocycles. The lowest BCUT2D eigenvalue weighted by atomic mass is 10.1. The van der Waals surface area contributed by atoms with Gasteiger partial charge in [-0.2, -0.15) is 0 Å². The van der Waals surface area contributed by atoms with Crippen LogP contribution < -0.4 is 16.6 Å². The van der Waals surface area contributed by atoms with Gasteiger partial charge in [0, 0.05) is 26.5 Å². The first-order chi connectivity index (χ1) is 11.0. The average molecular weight is 311 g/mol. The molecule has 7 nitrogen and oxygen atoms in total. The second-order valence-electron chi connectivity index (χ2n) is 5.26. The molecule has 0 radical (unpaired) electrons. The summed E-state index contributed by atoms with van der Waals surface area (Å²) in [6, 6.07) is 5.50. The molecule has 0 unspecified atom stereocenters. The van der Waals surface area contributed by atoms with Crippen LogP contribution in [0.25, 0.3) is 11.0 Å². The van der Waals surface area contributed by atoms with Crippen molar-refractivity contribution in [2.75, 3.05) is 5.32 Å².